The second-order valence-electron chi connectivity index (χ2n) is 6.24. The topological polar surface area (TPSA) is 60.3 Å². The molecule has 1 amide bonds. The van der Waals surface area contributed by atoms with Crippen LogP contribution in [0.1, 0.15) is 35.9 Å². The average molecular weight is 371 g/mol. The van der Waals surface area contributed by atoms with Crippen LogP contribution >= 0.6 is 11.6 Å². The number of ether oxygens (including phenoxy) is 1. The molecule has 0 unspecified atom stereocenters. The minimum atomic E-state index is -0.296. The zero-order valence-corrected chi connectivity index (χ0v) is 15.5. The van der Waals surface area contributed by atoms with Crippen LogP contribution in [-0.4, -0.2) is 22.5 Å². The summed E-state index contributed by atoms with van der Waals surface area (Å²) in [5.41, 5.74) is 1.66. The number of carbonyl (C=O) groups excluding carboxylic acids is 2. The zero-order chi connectivity index (χ0) is 18.8. The number of hydrogen-bond acceptors (Lipinski definition) is 3. The van der Waals surface area contributed by atoms with Crippen molar-refractivity contribution >= 4 is 40.0 Å². The van der Waals surface area contributed by atoms with E-state index >= 15 is 0 Å². The molecule has 1 heterocycles. The fourth-order valence-electron chi connectivity index (χ4n) is 2.73. The Hall–Kier alpha value is -2.79. The summed E-state index contributed by atoms with van der Waals surface area (Å²) >= 11 is 6.03. The third-order valence-corrected chi connectivity index (χ3v) is 4.07. The van der Waals surface area contributed by atoms with Gasteiger partial charge >= 0.3 is 0 Å². The van der Waals surface area contributed by atoms with Gasteiger partial charge in [0.15, 0.2) is 0 Å². The quantitative estimate of drug-likeness (QED) is 0.703. The molecule has 26 heavy (non-hydrogen) atoms. The van der Waals surface area contributed by atoms with E-state index in [9.17, 15) is 9.59 Å². The number of amides is 1. The van der Waals surface area contributed by atoms with Crippen LogP contribution in [0.4, 0.5) is 5.69 Å². The van der Waals surface area contributed by atoms with Crippen LogP contribution in [0.5, 0.6) is 5.75 Å². The maximum absolute atomic E-state index is 12.7. The van der Waals surface area contributed by atoms with Gasteiger partial charge in [-0.05, 0) is 50.2 Å². The first-order chi connectivity index (χ1) is 12.3. The normalized spacial score (nSPS) is 11.0. The maximum Gasteiger partial charge on any atom is 0.257 e. The Morgan fingerprint density at radius 2 is 1.81 bits per heavy atom. The van der Waals surface area contributed by atoms with Gasteiger partial charge in [0.1, 0.15) is 5.75 Å². The molecule has 0 aliphatic carbocycles. The van der Waals surface area contributed by atoms with Crippen molar-refractivity contribution in [3.8, 4) is 5.75 Å². The number of nitrogens with one attached hydrogen (secondary N) is 1. The summed E-state index contributed by atoms with van der Waals surface area (Å²) in [6.45, 7) is 5.34. The third-order valence-electron chi connectivity index (χ3n) is 3.84. The van der Waals surface area contributed by atoms with Crippen molar-refractivity contribution in [1.29, 1.82) is 0 Å². The van der Waals surface area contributed by atoms with Crippen molar-refractivity contribution in [2.24, 2.45) is 0 Å². The van der Waals surface area contributed by atoms with Gasteiger partial charge in [0, 0.05) is 29.2 Å². The molecule has 0 aliphatic heterocycles. The number of carbonyl (C=O) groups is 2. The average Bonchev–Trinajstić information content (AvgIpc) is 2.95. The van der Waals surface area contributed by atoms with Crippen LogP contribution in [0.2, 0.25) is 5.02 Å². The van der Waals surface area contributed by atoms with E-state index in [1.807, 2.05) is 13.8 Å². The standard InChI is InChI=1S/C20H19ClN2O3/c1-12(2)26-16-7-5-15(6-8-16)22-20(25)18-11-23(13(3)24)19-10-14(21)4-9-17(18)19/h4-12H,1-3H3,(H,22,25). The highest BCUT2D eigenvalue weighted by Gasteiger charge is 2.17. The first-order valence-corrected chi connectivity index (χ1v) is 8.62. The van der Waals surface area contributed by atoms with Gasteiger partial charge in [-0.2, -0.15) is 0 Å². The van der Waals surface area contributed by atoms with Gasteiger partial charge in [-0.3, -0.25) is 14.2 Å². The smallest absolute Gasteiger partial charge is 0.257 e. The van der Waals surface area contributed by atoms with Crippen molar-refractivity contribution in [2.75, 3.05) is 5.32 Å². The summed E-state index contributed by atoms with van der Waals surface area (Å²) in [6, 6.07) is 12.3. The van der Waals surface area contributed by atoms with Crippen LogP contribution in [0.3, 0.4) is 0 Å². The number of benzene rings is 2. The first-order valence-electron chi connectivity index (χ1n) is 8.25. The molecule has 1 aromatic heterocycles. The molecule has 0 fully saturated rings. The van der Waals surface area contributed by atoms with Crippen LogP contribution in [0.25, 0.3) is 10.9 Å². The Balaban J connectivity index is 1.89. The lowest BCUT2D eigenvalue weighted by Gasteiger charge is -2.10. The predicted octanol–water partition coefficient (Wildman–Crippen LogP) is 4.99. The molecule has 3 aromatic rings. The Morgan fingerprint density at radius 3 is 2.42 bits per heavy atom. The number of fused-ring (bicyclic) bond motifs is 1. The van der Waals surface area contributed by atoms with E-state index in [4.69, 9.17) is 16.3 Å². The molecule has 6 heteroatoms. The molecule has 3 rings (SSSR count). The SMILES string of the molecule is CC(=O)n1cc(C(=O)Nc2ccc(OC(C)C)cc2)c2ccc(Cl)cc21. The van der Waals surface area contributed by atoms with E-state index in [0.29, 0.717) is 27.2 Å². The van der Waals surface area contributed by atoms with E-state index in [-0.39, 0.29) is 17.9 Å². The van der Waals surface area contributed by atoms with Gasteiger partial charge in [0.25, 0.3) is 5.91 Å². The predicted molar refractivity (Wildman–Crippen MR) is 103 cm³/mol. The minimum Gasteiger partial charge on any atom is -0.491 e. The lowest BCUT2D eigenvalue weighted by Crippen LogP contribution is -2.12. The van der Waals surface area contributed by atoms with Gasteiger partial charge in [0.05, 0.1) is 17.2 Å². The van der Waals surface area contributed by atoms with Gasteiger partial charge in [-0.25, -0.2) is 0 Å². The molecule has 2 aromatic carbocycles. The van der Waals surface area contributed by atoms with E-state index in [2.05, 4.69) is 5.32 Å². The number of halogens is 1. The molecule has 0 spiro atoms. The number of anilines is 1. The van der Waals surface area contributed by atoms with Crippen LogP contribution in [0, 0.1) is 0 Å². The molecule has 0 bridgehead atoms. The Labute approximate surface area is 156 Å². The highest BCUT2D eigenvalue weighted by molar-refractivity contribution is 6.31. The van der Waals surface area contributed by atoms with Gasteiger partial charge in [0.2, 0.25) is 5.91 Å². The van der Waals surface area contributed by atoms with Gasteiger partial charge < -0.3 is 10.1 Å². The first kappa shape index (κ1) is 18.0. The highest BCUT2D eigenvalue weighted by atomic mass is 35.5. The zero-order valence-electron chi connectivity index (χ0n) is 14.7. The molecule has 0 atom stereocenters. The van der Waals surface area contributed by atoms with Crippen molar-refractivity contribution in [3.63, 3.8) is 0 Å². The monoisotopic (exact) mass is 370 g/mol. The second kappa shape index (κ2) is 7.22. The summed E-state index contributed by atoms with van der Waals surface area (Å²) in [5.74, 6) is 0.252. The number of nitrogens with zero attached hydrogens (tertiary/aromatic N) is 1. The molecule has 134 valence electrons. The lowest BCUT2D eigenvalue weighted by molar-refractivity contribution is 0.0941. The Bertz CT molecular complexity index is 975. The highest BCUT2D eigenvalue weighted by Crippen LogP contribution is 2.26. The molecular formula is C20H19ClN2O3. The van der Waals surface area contributed by atoms with Crippen molar-refractivity contribution < 1.29 is 14.3 Å². The number of hydrogen-bond donors (Lipinski definition) is 1. The lowest BCUT2D eigenvalue weighted by atomic mass is 10.1. The van der Waals surface area contributed by atoms with Crippen molar-refractivity contribution in [1.82, 2.24) is 4.57 Å². The summed E-state index contributed by atoms with van der Waals surface area (Å²) in [7, 11) is 0. The van der Waals surface area contributed by atoms with E-state index in [0.717, 1.165) is 5.75 Å². The van der Waals surface area contributed by atoms with Crippen LogP contribution < -0.4 is 10.1 Å². The fraction of sp³-hybridized carbons (Fsp3) is 0.200. The second-order valence-corrected chi connectivity index (χ2v) is 6.67. The molecule has 0 aliphatic rings. The fourth-order valence-corrected chi connectivity index (χ4v) is 2.90. The minimum absolute atomic E-state index is 0.0833. The molecule has 1 N–H and O–H groups in total. The summed E-state index contributed by atoms with van der Waals surface area (Å²) in [5, 5.41) is 4.02. The number of aromatic nitrogens is 1. The van der Waals surface area contributed by atoms with Crippen LogP contribution in [0.15, 0.2) is 48.7 Å². The molecule has 0 radical (unpaired) electrons. The Kier molecular flexibility index (Phi) is 5.00. The molecule has 5 nitrogen and oxygen atoms in total. The van der Waals surface area contributed by atoms with E-state index < -0.39 is 0 Å². The third kappa shape index (κ3) is 3.73. The largest absolute Gasteiger partial charge is 0.491 e. The summed E-state index contributed by atoms with van der Waals surface area (Å²) in [4.78, 5) is 24.6. The van der Waals surface area contributed by atoms with Gasteiger partial charge in [-0.15, -0.1) is 0 Å². The van der Waals surface area contributed by atoms with E-state index in [1.165, 1.54) is 17.7 Å². The summed E-state index contributed by atoms with van der Waals surface area (Å²) in [6.07, 6.45) is 1.62. The molecular weight excluding hydrogens is 352 g/mol. The summed E-state index contributed by atoms with van der Waals surface area (Å²) < 4.78 is 7.02. The van der Waals surface area contributed by atoms with Gasteiger partial charge in [-0.1, -0.05) is 17.7 Å². The maximum atomic E-state index is 12.7. The van der Waals surface area contributed by atoms with Crippen LogP contribution in [-0.2, 0) is 0 Å². The molecule has 0 saturated heterocycles. The van der Waals surface area contributed by atoms with Crippen molar-refractivity contribution in [3.05, 3.63) is 59.2 Å². The Morgan fingerprint density at radius 1 is 1.12 bits per heavy atom. The van der Waals surface area contributed by atoms with Crippen molar-refractivity contribution in [2.45, 2.75) is 26.9 Å². The van der Waals surface area contributed by atoms with E-state index in [1.54, 1.807) is 42.5 Å². The molecule has 0 saturated carbocycles. The number of rotatable bonds is 4.